The van der Waals surface area contributed by atoms with Crippen molar-refractivity contribution >= 4 is 0 Å². The summed E-state index contributed by atoms with van der Waals surface area (Å²) in [6.07, 6.45) is 6.56. The fourth-order valence-corrected chi connectivity index (χ4v) is 2.32. The van der Waals surface area contributed by atoms with E-state index in [2.05, 4.69) is 21.8 Å². The summed E-state index contributed by atoms with van der Waals surface area (Å²) in [6, 6.07) is 4.35. The zero-order chi connectivity index (χ0) is 11.7. The number of hydrogen-bond donors (Lipinski definition) is 1. The Labute approximate surface area is 101 Å². The van der Waals surface area contributed by atoms with Crippen LogP contribution in [0.2, 0.25) is 0 Å². The molecule has 0 amide bonds. The van der Waals surface area contributed by atoms with Gasteiger partial charge in [0, 0.05) is 43.4 Å². The molecule has 0 aromatic carbocycles. The minimum atomic E-state index is 0.388. The second-order valence-electron chi connectivity index (χ2n) is 4.71. The zero-order valence-electron chi connectivity index (χ0n) is 9.97. The average Bonchev–Trinajstić information content (AvgIpc) is 2.85. The minimum absolute atomic E-state index is 0.388. The number of rotatable bonds is 4. The van der Waals surface area contributed by atoms with Crippen molar-refractivity contribution in [1.29, 1.82) is 0 Å². The van der Waals surface area contributed by atoms with Gasteiger partial charge in [-0.3, -0.25) is 0 Å². The molecule has 1 saturated heterocycles. The van der Waals surface area contributed by atoms with Crippen molar-refractivity contribution in [3.63, 3.8) is 0 Å². The summed E-state index contributed by atoms with van der Waals surface area (Å²) >= 11 is 0. The van der Waals surface area contributed by atoms with Crippen LogP contribution in [0.15, 0.2) is 35.3 Å². The van der Waals surface area contributed by atoms with Crippen molar-refractivity contribution < 1.29 is 4.42 Å². The molecule has 1 atom stereocenters. The van der Waals surface area contributed by atoms with Gasteiger partial charge in [0.05, 0.1) is 12.6 Å². The molecule has 0 spiro atoms. The second-order valence-corrected chi connectivity index (χ2v) is 4.71. The molecule has 1 fully saturated rings. The van der Waals surface area contributed by atoms with Crippen LogP contribution in [0.25, 0.3) is 0 Å². The van der Waals surface area contributed by atoms with E-state index in [1.807, 2.05) is 24.7 Å². The molecule has 17 heavy (non-hydrogen) atoms. The van der Waals surface area contributed by atoms with Crippen LogP contribution in [-0.4, -0.2) is 22.6 Å². The molecule has 1 N–H and O–H groups in total. The van der Waals surface area contributed by atoms with Gasteiger partial charge in [0.25, 0.3) is 0 Å². The zero-order valence-corrected chi connectivity index (χ0v) is 9.97. The predicted octanol–water partition coefficient (Wildman–Crippen LogP) is 1.97. The molecular formula is C13H17N3O. The summed E-state index contributed by atoms with van der Waals surface area (Å²) in [5.41, 5.74) is 1.34. The Morgan fingerprint density at radius 2 is 2.47 bits per heavy atom. The lowest BCUT2D eigenvalue weighted by Crippen LogP contribution is -2.41. The van der Waals surface area contributed by atoms with Crippen molar-refractivity contribution in [3.05, 3.63) is 42.4 Å². The second kappa shape index (κ2) is 4.37. The number of hydrogen-bond acceptors (Lipinski definition) is 3. The van der Waals surface area contributed by atoms with Crippen molar-refractivity contribution in [2.24, 2.45) is 0 Å². The van der Waals surface area contributed by atoms with E-state index in [0.717, 1.165) is 25.3 Å². The highest BCUT2D eigenvalue weighted by Gasteiger charge is 2.24. The van der Waals surface area contributed by atoms with Crippen LogP contribution in [0.4, 0.5) is 0 Å². The molecule has 4 nitrogen and oxygen atoms in total. The van der Waals surface area contributed by atoms with E-state index in [1.165, 1.54) is 5.69 Å². The van der Waals surface area contributed by atoms with Gasteiger partial charge in [-0.2, -0.15) is 0 Å². The molecule has 2 aromatic heterocycles. The fraction of sp³-hybridized carbons (Fsp3) is 0.462. The van der Waals surface area contributed by atoms with Crippen LogP contribution < -0.4 is 5.32 Å². The Morgan fingerprint density at radius 3 is 3.12 bits per heavy atom. The van der Waals surface area contributed by atoms with Gasteiger partial charge in [-0.25, -0.2) is 4.98 Å². The molecular weight excluding hydrogens is 214 g/mol. The Bertz CT molecular complexity index is 471. The smallest absolute Gasteiger partial charge is 0.105 e. The van der Waals surface area contributed by atoms with E-state index in [-0.39, 0.29) is 0 Å². The van der Waals surface area contributed by atoms with Crippen LogP contribution in [0.3, 0.4) is 0 Å². The number of furan rings is 1. The van der Waals surface area contributed by atoms with Crippen LogP contribution in [-0.2, 0) is 6.42 Å². The van der Waals surface area contributed by atoms with E-state index in [4.69, 9.17) is 4.42 Å². The highest BCUT2D eigenvalue weighted by Crippen LogP contribution is 2.24. The van der Waals surface area contributed by atoms with Gasteiger partial charge in [0.15, 0.2) is 0 Å². The first kappa shape index (κ1) is 10.6. The minimum Gasteiger partial charge on any atom is -0.469 e. The van der Waals surface area contributed by atoms with Crippen LogP contribution in [0.1, 0.15) is 30.3 Å². The van der Waals surface area contributed by atoms with Crippen LogP contribution >= 0.6 is 0 Å². The summed E-state index contributed by atoms with van der Waals surface area (Å²) in [6.45, 7) is 4.35. The summed E-state index contributed by atoms with van der Waals surface area (Å²) in [5.74, 6) is 1.65. The monoisotopic (exact) mass is 231 g/mol. The van der Waals surface area contributed by atoms with E-state index in [1.54, 1.807) is 6.26 Å². The summed E-state index contributed by atoms with van der Waals surface area (Å²) in [7, 11) is 0. The molecule has 1 aliphatic heterocycles. The van der Waals surface area contributed by atoms with Crippen molar-refractivity contribution in [1.82, 2.24) is 14.9 Å². The van der Waals surface area contributed by atoms with Crippen molar-refractivity contribution in [2.75, 3.05) is 13.1 Å². The van der Waals surface area contributed by atoms with Gasteiger partial charge < -0.3 is 14.3 Å². The van der Waals surface area contributed by atoms with Crippen molar-refractivity contribution in [2.45, 2.75) is 25.3 Å². The highest BCUT2D eigenvalue weighted by molar-refractivity contribution is 5.13. The van der Waals surface area contributed by atoms with E-state index >= 15 is 0 Å². The topological polar surface area (TPSA) is 43.0 Å². The Kier molecular flexibility index (Phi) is 2.73. The molecule has 3 rings (SSSR count). The molecule has 0 aliphatic carbocycles. The van der Waals surface area contributed by atoms with Gasteiger partial charge in [-0.05, 0) is 19.1 Å². The first-order valence-electron chi connectivity index (χ1n) is 6.09. The molecule has 0 bridgehead atoms. The van der Waals surface area contributed by atoms with Gasteiger partial charge in [-0.15, -0.1) is 0 Å². The Hall–Kier alpha value is -1.55. The molecule has 1 unspecified atom stereocenters. The third-order valence-electron chi connectivity index (χ3n) is 3.45. The standard InChI is InChI=1S/C13H17N3O/c1-10(5-12-3-2-4-17-12)16-9-15-8-13(16)11-6-14-7-11/h2-4,8-11,14H,5-7H2,1H3. The van der Waals surface area contributed by atoms with E-state index < -0.39 is 0 Å². The van der Waals surface area contributed by atoms with Crippen LogP contribution in [0.5, 0.6) is 0 Å². The Balaban J connectivity index is 1.76. The maximum absolute atomic E-state index is 5.40. The summed E-state index contributed by atoms with van der Waals surface area (Å²) in [4.78, 5) is 4.28. The van der Waals surface area contributed by atoms with Crippen molar-refractivity contribution in [3.8, 4) is 0 Å². The lowest BCUT2D eigenvalue weighted by Gasteiger charge is -2.29. The predicted molar refractivity (Wildman–Crippen MR) is 65.0 cm³/mol. The lowest BCUT2D eigenvalue weighted by molar-refractivity contribution is 0.394. The maximum Gasteiger partial charge on any atom is 0.105 e. The summed E-state index contributed by atoms with van der Waals surface area (Å²) < 4.78 is 7.67. The van der Waals surface area contributed by atoms with Gasteiger partial charge in [0.1, 0.15) is 5.76 Å². The third kappa shape index (κ3) is 2.00. The van der Waals surface area contributed by atoms with Gasteiger partial charge in [0.2, 0.25) is 0 Å². The number of imidazole rings is 1. The first-order valence-corrected chi connectivity index (χ1v) is 6.09. The van der Waals surface area contributed by atoms with Gasteiger partial charge >= 0.3 is 0 Å². The van der Waals surface area contributed by atoms with E-state index in [0.29, 0.717) is 12.0 Å². The average molecular weight is 231 g/mol. The number of nitrogens with one attached hydrogen (secondary N) is 1. The molecule has 1 aliphatic rings. The third-order valence-corrected chi connectivity index (χ3v) is 3.45. The molecule has 0 radical (unpaired) electrons. The van der Waals surface area contributed by atoms with Gasteiger partial charge in [-0.1, -0.05) is 0 Å². The number of aromatic nitrogens is 2. The maximum atomic E-state index is 5.40. The summed E-state index contributed by atoms with van der Waals surface area (Å²) in [5, 5.41) is 3.30. The molecule has 0 saturated carbocycles. The highest BCUT2D eigenvalue weighted by atomic mass is 16.3. The number of nitrogens with zero attached hydrogens (tertiary/aromatic N) is 2. The molecule has 2 aromatic rings. The fourth-order valence-electron chi connectivity index (χ4n) is 2.32. The normalized spacial score (nSPS) is 17.9. The first-order chi connectivity index (χ1) is 8.34. The SMILES string of the molecule is CC(Cc1ccco1)n1cncc1C1CNC1. The molecule has 3 heterocycles. The molecule has 90 valence electrons. The quantitative estimate of drug-likeness (QED) is 0.874. The lowest BCUT2D eigenvalue weighted by atomic mass is 9.99. The Morgan fingerprint density at radius 1 is 1.59 bits per heavy atom. The largest absolute Gasteiger partial charge is 0.469 e. The van der Waals surface area contributed by atoms with E-state index in [9.17, 15) is 0 Å². The van der Waals surface area contributed by atoms with Crippen LogP contribution in [0, 0.1) is 0 Å². The molecule has 4 heteroatoms.